The molecule has 0 aliphatic rings. The normalized spacial score (nSPS) is 11.2. The summed E-state index contributed by atoms with van der Waals surface area (Å²) in [4.78, 5) is 0. The Balaban J connectivity index is 2.65. The van der Waals surface area contributed by atoms with Crippen LogP contribution in [0.2, 0.25) is 10.0 Å². The van der Waals surface area contributed by atoms with Gasteiger partial charge in [0.1, 0.15) is 0 Å². The van der Waals surface area contributed by atoms with Gasteiger partial charge in [0.25, 0.3) is 0 Å². The van der Waals surface area contributed by atoms with Crippen molar-refractivity contribution >= 4 is 23.2 Å². The van der Waals surface area contributed by atoms with E-state index in [9.17, 15) is 13.2 Å². The highest BCUT2D eigenvalue weighted by Gasteiger charge is 2.31. The zero-order valence-electron chi connectivity index (χ0n) is 9.80. The molecule has 0 fully saturated rings. The van der Waals surface area contributed by atoms with Crippen LogP contribution in [0.4, 0.5) is 13.2 Å². The molecule has 0 spiro atoms. The molecular formula is C14H6Cl2F3N. The third-order valence-electron chi connectivity index (χ3n) is 2.63. The third kappa shape index (κ3) is 3.06. The van der Waals surface area contributed by atoms with Gasteiger partial charge in [-0.05, 0) is 35.9 Å². The standard InChI is InChI=1S/C14H6Cl2F3N/c15-11-1-2-12(13(16)6-11)9-3-8(7-20)4-10(5-9)14(17,18)19/h1-6H. The zero-order valence-corrected chi connectivity index (χ0v) is 11.3. The Labute approximate surface area is 123 Å². The minimum atomic E-state index is -4.53. The molecule has 0 atom stereocenters. The Bertz CT molecular complexity index is 703. The van der Waals surface area contributed by atoms with Crippen LogP contribution in [0.15, 0.2) is 36.4 Å². The molecule has 0 aliphatic carbocycles. The quantitative estimate of drug-likeness (QED) is 0.676. The van der Waals surface area contributed by atoms with E-state index in [4.69, 9.17) is 28.5 Å². The lowest BCUT2D eigenvalue weighted by atomic mass is 10.00. The maximum atomic E-state index is 12.8. The van der Waals surface area contributed by atoms with Crippen molar-refractivity contribution in [3.05, 3.63) is 57.6 Å². The summed E-state index contributed by atoms with van der Waals surface area (Å²) in [5.74, 6) is 0. The van der Waals surface area contributed by atoms with E-state index in [-0.39, 0.29) is 16.1 Å². The van der Waals surface area contributed by atoms with Crippen LogP contribution in [0.25, 0.3) is 11.1 Å². The van der Waals surface area contributed by atoms with Crippen molar-refractivity contribution < 1.29 is 13.2 Å². The molecule has 0 saturated carbocycles. The van der Waals surface area contributed by atoms with Gasteiger partial charge < -0.3 is 0 Å². The van der Waals surface area contributed by atoms with Crippen molar-refractivity contribution in [2.75, 3.05) is 0 Å². The average molecular weight is 316 g/mol. The van der Waals surface area contributed by atoms with Gasteiger partial charge >= 0.3 is 6.18 Å². The van der Waals surface area contributed by atoms with Crippen molar-refractivity contribution in [1.29, 1.82) is 5.26 Å². The summed E-state index contributed by atoms with van der Waals surface area (Å²) in [5.41, 5.74) is -0.366. The van der Waals surface area contributed by atoms with Crippen molar-refractivity contribution in [1.82, 2.24) is 0 Å². The number of nitriles is 1. The van der Waals surface area contributed by atoms with Crippen molar-refractivity contribution in [2.45, 2.75) is 6.18 Å². The number of alkyl halides is 3. The summed E-state index contributed by atoms with van der Waals surface area (Å²) in [5, 5.41) is 9.44. The van der Waals surface area contributed by atoms with E-state index in [1.807, 2.05) is 0 Å². The lowest BCUT2D eigenvalue weighted by molar-refractivity contribution is -0.137. The molecule has 0 saturated heterocycles. The summed E-state index contributed by atoms with van der Waals surface area (Å²) < 4.78 is 38.4. The SMILES string of the molecule is N#Cc1cc(-c2ccc(Cl)cc2Cl)cc(C(F)(F)F)c1. The predicted molar refractivity (Wildman–Crippen MR) is 71.6 cm³/mol. The van der Waals surface area contributed by atoms with Crippen molar-refractivity contribution in [3.8, 4) is 17.2 Å². The van der Waals surface area contributed by atoms with Crippen molar-refractivity contribution in [3.63, 3.8) is 0 Å². The van der Waals surface area contributed by atoms with Crippen LogP contribution in [0.1, 0.15) is 11.1 Å². The Morgan fingerprint density at radius 1 is 1.00 bits per heavy atom. The van der Waals surface area contributed by atoms with Gasteiger partial charge in [0.2, 0.25) is 0 Å². The first-order valence-electron chi connectivity index (χ1n) is 5.39. The lowest BCUT2D eigenvalue weighted by Gasteiger charge is -2.11. The molecule has 2 rings (SSSR count). The van der Waals surface area contributed by atoms with E-state index in [1.165, 1.54) is 24.3 Å². The van der Waals surface area contributed by atoms with Gasteiger partial charge in [-0.3, -0.25) is 0 Å². The van der Waals surface area contributed by atoms with Gasteiger partial charge in [-0.25, -0.2) is 0 Å². The second-order valence-corrected chi connectivity index (χ2v) is 4.88. The minimum absolute atomic E-state index is 0.0826. The monoisotopic (exact) mass is 315 g/mol. The van der Waals surface area contributed by atoms with Gasteiger partial charge in [-0.1, -0.05) is 29.3 Å². The lowest BCUT2D eigenvalue weighted by Crippen LogP contribution is -2.05. The molecule has 2 aromatic rings. The van der Waals surface area contributed by atoms with E-state index >= 15 is 0 Å². The second kappa shape index (κ2) is 5.35. The molecule has 0 heterocycles. The Kier molecular flexibility index (Phi) is 3.94. The predicted octanol–water partition coefficient (Wildman–Crippen LogP) is 5.55. The fourth-order valence-corrected chi connectivity index (χ4v) is 2.25. The number of hydrogen-bond donors (Lipinski definition) is 0. The zero-order chi connectivity index (χ0) is 14.9. The van der Waals surface area contributed by atoms with Gasteiger partial charge in [-0.2, -0.15) is 18.4 Å². The van der Waals surface area contributed by atoms with E-state index in [0.717, 1.165) is 12.1 Å². The minimum Gasteiger partial charge on any atom is -0.192 e. The highest BCUT2D eigenvalue weighted by molar-refractivity contribution is 6.36. The van der Waals surface area contributed by atoms with E-state index in [1.54, 1.807) is 6.07 Å². The smallest absolute Gasteiger partial charge is 0.192 e. The highest BCUT2D eigenvalue weighted by atomic mass is 35.5. The Morgan fingerprint density at radius 3 is 2.25 bits per heavy atom. The molecule has 102 valence electrons. The molecule has 0 amide bonds. The van der Waals surface area contributed by atoms with Crippen LogP contribution in [-0.2, 0) is 6.18 Å². The second-order valence-electron chi connectivity index (χ2n) is 4.03. The largest absolute Gasteiger partial charge is 0.416 e. The van der Waals surface area contributed by atoms with Crippen LogP contribution < -0.4 is 0 Å². The van der Waals surface area contributed by atoms with Crippen LogP contribution in [0.3, 0.4) is 0 Å². The molecule has 2 aromatic carbocycles. The van der Waals surface area contributed by atoms with E-state index < -0.39 is 11.7 Å². The molecule has 20 heavy (non-hydrogen) atoms. The molecule has 0 aliphatic heterocycles. The topological polar surface area (TPSA) is 23.8 Å². The fourth-order valence-electron chi connectivity index (χ4n) is 1.73. The first-order valence-corrected chi connectivity index (χ1v) is 6.14. The van der Waals surface area contributed by atoms with Gasteiger partial charge in [-0.15, -0.1) is 0 Å². The first kappa shape index (κ1) is 14.7. The van der Waals surface area contributed by atoms with E-state index in [0.29, 0.717) is 10.6 Å². The molecule has 0 N–H and O–H groups in total. The summed E-state index contributed by atoms with van der Waals surface area (Å²) in [7, 11) is 0. The van der Waals surface area contributed by atoms with Crippen LogP contribution in [0.5, 0.6) is 0 Å². The number of hydrogen-bond acceptors (Lipinski definition) is 1. The summed E-state index contributed by atoms with van der Waals surface area (Å²) >= 11 is 11.7. The molecule has 0 unspecified atom stereocenters. The average Bonchev–Trinajstić information content (AvgIpc) is 2.37. The Morgan fingerprint density at radius 2 is 1.70 bits per heavy atom. The van der Waals surface area contributed by atoms with Crippen LogP contribution >= 0.6 is 23.2 Å². The molecular weight excluding hydrogens is 310 g/mol. The van der Waals surface area contributed by atoms with Crippen LogP contribution in [-0.4, -0.2) is 0 Å². The van der Waals surface area contributed by atoms with Crippen LogP contribution in [0, 0.1) is 11.3 Å². The Hall–Kier alpha value is -1.70. The molecule has 6 heteroatoms. The number of rotatable bonds is 1. The van der Waals surface area contributed by atoms with E-state index in [2.05, 4.69) is 0 Å². The summed E-state index contributed by atoms with van der Waals surface area (Å²) in [6.45, 7) is 0. The number of halogens is 5. The van der Waals surface area contributed by atoms with Gasteiger partial charge in [0, 0.05) is 15.6 Å². The molecule has 0 radical (unpaired) electrons. The first-order chi connectivity index (χ1) is 9.31. The maximum Gasteiger partial charge on any atom is 0.416 e. The number of benzene rings is 2. The molecule has 1 nitrogen and oxygen atoms in total. The maximum absolute atomic E-state index is 12.8. The number of nitrogens with zero attached hydrogens (tertiary/aromatic N) is 1. The van der Waals surface area contributed by atoms with Gasteiger partial charge in [0.15, 0.2) is 0 Å². The highest BCUT2D eigenvalue weighted by Crippen LogP contribution is 2.36. The van der Waals surface area contributed by atoms with Crippen molar-refractivity contribution in [2.24, 2.45) is 0 Å². The van der Waals surface area contributed by atoms with Gasteiger partial charge in [0.05, 0.1) is 17.2 Å². The molecule has 0 aromatic heterocycles. The molecule has 0 bridgehead atoms. The summed E-state index contributed by atoms with van der Waals surface area (Å²) in [6, 6.07) is 9.29. The third-order valence-corrected chi connectivity index (χ3v) is 3.18. The summed E-state index contributed by atoms with van der Waals surface area (Å²) in [6.07, 6.45) is -4.53. The fraction of sp³-hybridized carbons (Fsp3) is 0.0714.